The molecule has 1 rings (SSSR count). The first-order chi connectivity index (χ1) is 8.51. The number of aliphatic hydroxyl groups excluding tert-OH is 2. The van der Waals surface area contributed by atoms with Gasteiger partial charge in [0.2, 0.25) is 0 Å². The monoisotopic (exact) mass is 255 g/mol. The Morgan fingerprint density at radius 3 is 2.67 bits per heavy atom. The molecule has 100 valence electrons. The molecule has 4 N–H and O–H groups in total. The number of esters is 1. The van der Waals surface area contributed by atoms with E-state index in [1.165, 1.54) is 13.2 Å². The average Bonchev–Trinajstić information content (AvgIpc) is 2.37. The van der Waals surface area contributed by atoms with Crippen LogP contribution in [-0.4, -0.2) is 36.0 Å². The van der Waals surface area contributed by atoms with Crippen LogP contribution in [0.4, 0.5) is 5.69 Å². The van der Waals surface area contributed by atoms with Crippen LogP contribution in [0.1, 0.15) is 18.6 Å². The van der Waals surface area contributed by atoms with Gasteiger partial charge in [-0.15, -0.1) is 0 Å². The first kappa shape index (κ1) is 14.3. The fourth-order valence-corrected chi connectivity index (χ4v) is 1.51. The number of hydrogen-bond acceptors (Lipinski definition) is 6. The summed E-state index contributed by atoms with van der Waals surface area (Å²) in [7, 11) is 1.42. The average molecular weight is 255 g/mol. The van der Waals surface area contributed by atoms with Gasteiger partial charge in [0, 0.05) is 11.3 Å². The molecule has 2 atom stereocenters. The smallest absolute Gasteiger partial charge is 0.338 e. The van der Waals surface area contributed by atoms with Crippen molar-refractivity contribution in [2.75, 3.05) is 19.5 Å². The highest BCUT2D eigenvalue weighted by atomic mass is 16.5. The Hall–Kier alpha value is -1.79. The SMILES string of the molecule is CCOC(=O)C(O)C(O)c1cc(N)ccc1OC. The Morgan fingerprint density at radius 1 is 1.44 bits per heavy atom. The molecule has 0 spiro atoms. The van der Waals surface area contributed by atoms with Crippen molar-refractivity contribution in [3.05, 3.63) is 23.8 Å². The van der Waals surface area contributed by atoms with E-state index < -0.39 is 18.2 Å². The van der Waals surface area contributed by atoms with Crippen molar-refractivity contribution < 1.29 is 24.5 Å². The van der Waals surface area contributed by atoms with E-state index in [2.05, 4.69) is 4.74 Å². The van der Waals surface area contributed by atoms with Gasteiger partial charge >= 0.3 is 5.97 Å². The molecule has 0 saturated carbocycles. The summed E-state index contributed by atoms with van der Waals surface area (Å²) in [5, 5.41) is 19.6. The third-order valence-electron chi connectivity index (χ3n) is 2.40. The lowest BCUT2D eigenvalue weighted by molar-refractivity contribution is -0.159. The standard InChI is InChI=1S/C12H17NO5/c1-3-18-12(16)11(15)10(14)8-6-7(13)4-5-9(8)17-2/h4-6,10-11,14-15H,3,13H2,1-2H3. The second kappa shape index (κ2) is 6.23. The molecule has 1 aromatic rings. The van der Waals surface area contributed by atoms with E-state index >= 15 is 0 Å². The second-order valence-corrected chi connectivity index (χ2v) is 3.64. The van der Waals surface area contributed by atoms with Crippen LogP contribution in [0.3, 0.4) is 0 Å². The van der Waals surface area contributed by atoms with Crippen LogP contribution in [-0.2, 0) is 9.53 Å². The Bertz CT molecular complexity index is 421. The molecule has 0 aliphatic heterocycles. The van der Waals surface area contributed by atoms with Crippen molar-refractivity contribution in [3.63, 3.8) is 0 Å². The molecule has 0 fully saturated rings. The van der Waals surface area contributed by atoms with Gasteiger partial charge < -0.3 is 25.4 Å². The summed E-state index contributed by atoms with van der Waals surface area (Å²) in [6.07, 6.45) is -3.14. The van der Waals surface area contributed by atoms with Gasteiger partial charge in [-0.1, -0.05) is 0 Å². The maximum Gasteiger partial charge on any atom is 0.338 e. The normalized spacial score (nSPS) is 13.8. The van der Waals surface area contributed by atoms with E-state index in [4.69, 9.17) is 10.5 Å². The molecule has 0 aliphatic rings. The third kappa shape index (κ3) is 3.12. The molecule has 0 heterocycles. The van der Waals surface area contributed by atoms with E-state index in [1.807, 2.05) is 0 Å². The number of aliphatic hydroxyl groups is 2. The third-order valence-corrected chi connectivity index (χ3v) is 2.40. The molecule has 0 saturated heterocycles. The van der Waals surface area contributed by atoms with Gasteiger partial charge in [-0.25, -0.2) is 4.79 Å². The molecule has 0 aromatic heterocycles. The summed E-state index contributed by atoms with van der Waals surface area (Å²) in [5.41, 5.74) is 6.21. The van der Waals surface area contributed by atoms with Crippen LogP contribution in [0.15, 0.2) is 18.2 Å². The Morgan fingerprint density at radius 2 is 2.11 bits per heavy atom. The predicted molar refractivity (Wildman–Crippen MR) is 65.0 cm³/mol. The topological polar surface area (TPSA) is 102 Å². The molecule has 0 bridgehead atoms. The number of nitrogens with two attached hydrogens (primary N) is 1. The molecule has 2 unspecified atom stereocenters. The van der Waals surface area contributed by atoms with Gasteiger partial charge in [0.25, 0.3) is 0 Å². The Balaban J connectivity index is 2.98. The largest absolute Gasteiger partial charge is 0.496 e. The minimum atomic E-state index is -1.68. The number of nitrogen functional groups attached to an aromatic ring is 1. The van der Waals surface area contributed by atoms with Gasteiger partial charge in [-0.2, -0.15) is 0 Å². The predicted octanol–water partition coefficient (Wildman–Crippen LogP) is 0.235. The van der Waals surface area contributed by atoms with Crippen LogP contribution in [0.25, 0.3) is 0 Å². The molecule has 0 amide bonds. The van der Waals surface area contributed by atoms with E-state index in [-0.39, 0.29) is 12.2 Å². The Labute approximate surface area is 105 Å². The zero-order chi connectivity index (χ0) is 13.7. The number of carbonyl (C=O) groups excluding carboxylic acids is 1. The van der Waals surface area contributed by atoms with Gasteiger partial charge in [-0.3, -0.25) is 0 Å². The number of rotatable bonds is 5. The molecule has 1 aromatic carbocycles. The van der Waals surface area contributed by atoms with E-state index in [9.17, 15) is 15.0 Å². The fourth-order valence-electron chi connectivity index (χ4n) is 1.51. The van der Waals surface area contributed by atoms with Crippen molar-refractivity contribution in [1.82, 2.24) is 0 Å². The number of carbonyl (C=O) groups is 1. The molecular weight excluding hydrogens is 238 g/mol. The van der Waals surface area contributed by atoms with Crippen molar-refractivity contribution in [3.8, 4) is 5.75 Å². The molecule has 6 heteroatoms. The first-order valence-electron chi connectivity index (χ1n) is 5.47. The molecular formula is C12H17NO5. The second-order valence-electron chi connectivity index (χ2n) is 3.64. The zero-order valence-corrected chi connectivity index (χ0v) is 10.3. The van der Waals surface area contributed by atoms with Gasteiger partial charge in [0.05, 0.1) is 13.7 Å². The lowest BCUT2D eigenvalue weighted by atomic mass is 10.0. The number of hydrogen-bond donors (Lipinski definition) is 3. The van der Waals surface area contributed by atoms with Crippen LogP contribution < -0.4 is 10.5 Å². The Kier molecular flexibility index (Phi) is 4.94. The van der Waals surface area contributed by atoms with Crippen LogP contribution in [0.5, 0.6) is 5.75 Å². The molecule has 18 heavy (non-hydrogen) atoms. The quantitative estimate of drug-likeness (QED) is 0.514. The van der Waals surface area contributed by atoms with E-state index in [0.29, 0.717) is 11.4 Å². The van der Waals surface area contributed by atoms with E-state index in [0.717, 1.165) is 0 Å². The van der Waals surface area contributed by atoms with Crippen LogP contribution in [0.2, 0.25) is 0 Å². The summed E-state index contributed by atoms with van der Waals surface area (Å²) in [5.74, 6) is -0.561. The highest BCUT2D eigenvalue weighted by Gasteiger charge is 2.29. The number of benzene rings is 1. The number of methoxy groups -OCH3 is 1. The van der Waals surface area contributed by atoms with Gasteiger partial charge in [-0.05, 0) is 25.1 Å². The minimum absolute atomic E-state index is 0.122. The summed E-state index contributed by atoms with van der Waals surface area (Å²) in [6, 6.07) is 4.57. The van der Waals surface area contributed by atoms with Crippen molar-refractivity contribution in [1.29, 1.82) is 0 Å². The molecule has 0 aliphatic carbocycles. The zero-order valence-electron chi connectivity index (χ0n) is 10.3. The lowest BCUT2D eigenvalue weighted by Crippen LogP contribution is -2.30. The lowest BCUT2D eigenvalue weighted by Gasteiger charge is -2.19. The maximum absolute atomic E-state index is 11.3. The molecule has 6 nitrogen and oxygen atoms in total. The van der Waals surface area contributed by atoms with E-state index in [1.54, 1.807) is 19.1 Å². The molecule has 0 radical (unpaired) electrons. The highest BCUT2D eigenvalue weighted by molar-refractivity contribution is 5.75. The number of ether oxygens (including phenoxy) is 2. The first-order valence-corrected chi connectivity index (χ1v) is 5.47. The van der Waals surface area contributed by atoms with Gasteiger partial charge in [0.1, 0.15) is 11.9 Å². The van der Waals surface area contributed by atoms with Crippen molar-refractivity contribution >= 4 is 11.7 Å². The fraction of sp³-hybridized carbons (Fsp3) is 0.417. The summed E-state index contributed by atoms with van der Waals surface area (Å²) in [6.45, 7) is 1.73. The van der Waals surface area contributed by atoms with Crippen LogP contribution in [0, 0.1) is 0 Å². The van der Waals surface area contributed by atoms with Crippen LogP contribution >= 0.6 is 0 Å². The summed E-state index contributed by atoms with van der Waals surface area (Å²) >= 11 is 0. The summed E-state index contributed by atoms with van der Waals surface area (Å²) in [4.78, 5) is 11.3. The number of anilines is 1. The maximum atomic E-state index is 11.3. The van der Waals surface area contributed by atoms with Crippen molar-refractivity contribution in [2.45, 2.75) is 19.1 Å². The highest BCUT2D eigenvalue weighted by Crippen LogP contribution is 2.29. The summed E-state index contributed by atoms with van der Waals surface area (Å²) < 4.78 is 9.66. The minimum Gasteiger partial charge on any atom is -0.496 e. The van der Waals surface area contributed by atoms with Crippen molar-refractivity contribution in [2.24, 2.45) is 0 Å². The van der Waals surface area contributed by atoms with Gasteiger partial charge in [0.15, 0.2) is 6.10 Å².